The van der Waals surface area contributed by atoms with E-state index in [0.717, 1.165) is 19.3 Å². The van der Waals surface area contributed by atoms with Crippen molar-refractivity contribution < 1.29 is 13.2 Å². The number of Topliss-reactive ketones (excluding diaryl/α,β-unsaturated/α-hetero) is 1. The van der Waals surface area contributed by atoms with Crippen LogP contribution in [0.5, 0.6) is 0 Å². The smallest absolute Gasteiger partial charge is 0.240 e. The molecular formula is C15H21NO3S. The predicted molar refractivity (Wildman–Crippen MR) is 78.2 cm³/mol. The zero-order valence-corrected chi connectivity index (χ0v) is 12.7. The molecule has 1 saturated carbocycles. The number of benzene rings is 1. The maximum atomic E-state index is 12.3. The molecule has 0 spiro atoms. The van der Waals surface area contributed by atoms with Gasteiger partial charge in [-0.3, -0.25) is 4.79 Å². The molecule has 1 fully saturated rings. The molecule has 110 valence electrons. The lowest BCUT2D eigenvalue weighted by Gasteiger charge is -2.29. The van der Waals surface area contributed by atoms with E-state index in [4.69, 9.17) is 0 Å². The van der Waals surface area contributed by atoms with Crippen LogP contribution in [0, 0.1) is 5.92 Å². The van der Waals surface area contributed by atoms with Gasteiger partial charge in [-0.25, -0.2) is 13.1 Å². The van der Waals surface area contributed by atoms with Crippen molar-refractivity contribution in [3.8, 4) is 0 Å². The minimum atomic E-state index is -3.50. The molecule has 2 rings (SSSR count). The third kappa shape index (κ3) is 3.46. The molecule has 1 aromatic carbocycles. The normalized spacial score (nSPS) is 23.5. The van der Waals surface area contributed by atoms with E-state index >= 15 is 0 Å². The molecule has 1 aromatic rings. The number of ketones is 1. The van der Waals surface area contributed by atoms with E-state index in [9.17, 15) is 13.2 Å². The zero-order chi connectivity index (χ0) is 14.8. The Balaban J connectivity index is 2.15. The van der Waals surface area contributed by atoms with Crippen LogP contribution in [0.3, 0.4) is 0 Å². The number of sulfonamides is 1. The molecule has 0 radical (unpaired) electrons. The quantitative estimate of drug-likeness (QED) is 0.869. The van der Waals surface area contributed by atoms with Crippen LogP contribution < -0.4 is 4.72 Å². The Labute approximate surface area is 120 Å². The molecule has 5 heteroatoms. The van der Waals surface area contributed by atoms with Crippen LogP contribution >= 0.6 is 0 Å². The molecule has 1 aliphatic carbocycles. The second-order valence-electron chi connectivity index (χ2n) is 5.57. The highest BCUT2D eigenvalue weighted by atomic mass is 32.2. The summed E-state index contributed by atoms with van der Waals surface area (Å²) in [6.45, 7) is 3.55. The monoisotopic (exact) mass is 295 g/mol. The zero-order valence-electron chi connectivity index (χ0n) is 11.9. The van der Waals surface area contributed by atoms with Crippen LogP contribution in [-0.4, -0.2) is 20.2 Å². The molecule has 1 aliphatic rings. The summed E-state index contributed by atoms with van der Waals surface area (Å²) in [6, 6.07) is 6.11. The van der Waals surface area contributed by atoms with Gasteiger partial charge < -0.3 is 0 Å². The Kier molecular flexibility index (Phi) is 4.60. The van der Waals surface area contributed by atoms with Gasteiger partial charge in [0.05, 0.1) is 4.90 Å². The first-order valence-corrected chi connectivity index (χ1v) is 8.52. The summed E-state index contributed by atoms with van der Waals surface area (Å²) in [7, 11) is -3.50. The maximum absolute atomic E-state index is 12.3. The van der Waals surface area contributed by atoms with Crippen LogP contribution in [0.2, 0.25) is 0 Å². The van der Waals surface area contributed by atoms with Gasteiger partial charge in [-0.15, -0.1) is 0 Å². The maximum Gasteiger partial charge on any atom is 0.240 e. The van der Waals surface area contributed by atoms with Gasteiger partial charge in [-0.05, 0) is 37.8 Å². The summed E-state index contributed by atoms with van der Waals surface area (Å²) in [4.78, 5) is 11.4. The van der Waals surface area contributed by atoms with Crippen molar-refractivity contribution in [2.45, 2.75) is 50.5 Å². The van der Waals surface area contributed by atoms with E-state index in [0.29, 0.717) is 11.5 Å². The molecular weight excluding hydrogens is 274 g/mol. The van der Waals surface area contributed by atoms with Gasteiger partial charge in [-0.1, -0.05) is 31.9 Å². The number of carbonyl (C=O) groups is 1. The van der Waals surface area contributed by atoms with E-state index < -0.39 is 10.0 Å². The first kappa shape index (κ1) is 15.2. The van der Waals surface area contributed by atoms with E-state index in [2.05, 4.69) is 11.6 Å². The first-order chi connectivity index (χ1) is 9.40. The molecule has 20 heavy (non-hydrogen) atoms. The average molecular weight is 295 g/mol. The molecule has 0 bridgehead atoms. The van der Waals surface area contributed by atoms with Gasteiger partial charge in [-0.2, -0.15) is 0 Å². The van der Waals surface area contributed by atoms with Crippen molar-refractivity contribution in [3.63, 3.8) is 0 Å². The summed E-state index contributed by atoms with van der Waals surface area (Å²) >= 11 is 0. The minimum absolute atomic E-state index is 0.0150. The summed E-state index contributed by atoms with van der Waals surface area (Å²) in [6.07, 6.45) is 4.20. The third-order valence-electron chi connectivity index (χ3n) is 3.99. The predicted octanol–water partition coefficient (Wildman–Crippen LogP) is 2.75. The second kappa shape index (κ2) is 6.06. The van der Waals surface area contributed by atoms with E-state index in [1.165, 1.54) is 25.5 Å². The molecule has 1 N–H and O–H groups in total. The molecule has 0 heterocycles. The van der Waals surface area contributed by atoms with Crippen LogP contribution in [0.4, 0.5) is 0 Å². The number of rotatable bonds is 4. The van der Waals surface area contributed by atoms with Crippen molar-refractivity contribution in [3.05, 3.63) is 29.8 Å². The van der Waals surface area contributed by atoms with Gasteiger partial charge in [0.25, 0.3) is 0 Å². The van der Waals surface area contributed by atoms with Crippen molar-refractivity contribution >= 4 is 15.8 Å². The summed E-state index contributed by atoms with van der Waals surface area (Å²) in [5, 5.41) is 0. The highest BCUT2D eigenvalue weighted by Gasteiger charge is 2.26. The Morgan fingerprint density at radius 3 is 2.30 bits per heavy atom. The number of carbonyl (C=O) groups excluding carboxylic acids is 1. The number of hydrogen-bond acceptors (Lipinski definition) is 3. The van der Waals surface area contributed by atoms with Crippen molar-refractivity contribution in [1.29, 1.82) is 0 Å². The second-order valence-corrected chi connectivity index (χ2v) is 7.28. The fourth-order valence-corrected chi connectivity index (χ4v) is 4.01. The number of hydrogen-bond donors (Lipinski definition) is 1. The lowest BCUT2D eigenvalue weighted by atomic mass is 9.87. The van der Waals surface area contributed by atoms with E-state index in [1.807, 2.05) is 0 Å². The largest absolute Gasteiger partial charge is 0.295 e. The van der Waals surface area contributed by atoms with Gasteiger partial charge in [0.2, 0.25) is 10.0 Å². The SMILES string of the molecule is CC(=O)c1ccc(S(=O)(=O)NC2CCCCC2C)cc1. The highest BCUT2D eigenvalue weighted by Crippen LogP contribution is 2.25. The lowest BCUT2D eigenvalue weighted by Crippen LogP contribution is -2.40. The van der Waals surface area contributed by atoms with Crippen LogP contribution in [0.1, 0.15) is 49.9 Å². The fraction of sp³-hybridized carbons (Fsp3) is 0.533. The fourth-order valence-electron chi connectivity index (χ4n) is 2.63. The summed E-state index contributed by atoms with van der Waals surface area (Å²) in [5.74, 6) is 0.304. The summed E-state index contributed by atoms with van der Waals surface area (Å²) in [5.41, 5.74) is 0.523. The number of nitrogens with one attached hydrogen (secondary N) is 1. The Morgan fingerprint density at radius 1 is 1.15 bits per heavy atom. The topological polar surface area (TPSA) is 63.2 Å². The molecule has 0 aromatic heterocycles. The van der Waals surface area contributed by atoms with E-state index in [-0.39, 0.29) is 16.7 Å². The third-order valence-corrected chi connectivity index (χ3v) is 5.49. The lowest BCUT2D eigenvalue weighted by molar-refractivity contribution is 0.101. The van der Waals surface area contributed by atoms with Gasteiger partial charge in [0.1, 0.15) is 0 Å². The van der Waals surface area contributed by atoms with Gasteiger partial charge in [0, 0.05) is 11.6 Å². The Bertz CT molecular complexity index is 578. The first-order valence-electron chi connectivity index (χ1n) is 7.03. The van der Waals surface area contributed by atoms with Gasteiger partial charge in [0.15, 0.2) is 5.78 Å². The molecule has 0 amide bonds. The Hall–Kier alpha value is -1.20. The van der Waals surface area contributed by atoms with Crippen molar-refractivity contribution in [1.82, 2.24) is 4.72 Å². The highest BCUT2D eigenvalue weighted by molar-refractivity contribution is 7.89. The van der Waals surface area contributed by atoms with E-state index in [1.54, 1.807) is 12.1 Å². The van der Waals surface area contributed by atoms with Crippen LogP contribution in [-0.2, 0) is 10.0 Å². The standard InChI is InChI=1S/C15H21NO3S/c1-11-5-3-4-6-15(11)16-20(18,19)14-9-7-13(8-10-14)12(2)17/h7-11,15-16H,3-6H2,1-2H3. The molecule has 2 atom stereocenters. The van der Waals surface area contributed by atoms with Crippen LogP contribution in [0.25, 0.3) is 0 Å². The summed E-state index contributed by atoms with van der Waals surface area (Å²) < 4.78 is 27.5. The average Bonchev–Trinajstić information content (AvgIpc) is 2.41. The minimum Gasteiger partial charge on any atom is -0.295 e. The van der Waals surface area contributed by atoms with Crippen LogP contribution in [0.15, 0.2) is 29.2 Å². The molecule has 0 aliphatic heterocycles. The van der Waals surface area contributed by atoms with Gasteiger partial charge >= 0.3 is 0 Å². The molecule has 4 nitrogen and oxygen atoms in total. The Morgan fingerprint density at radius 2 is 1.75 bits per heavy atom. The van der Waals surface area contributed by atoms with Crippen molar-refractivity contribution in [2.75, 3.05) is 0 Å². The van der Waals surface area contributed by atoms with Crippen molar-refractivity contribution in [2.24, 2.45) is 5.92 Å². The molecule has 2 unspecified atom stereocenters. The molecule has 0 saturated heterocycles.